The van der Waals surface area contributed by atoms with Crippen molar-refractivity contribution in [3.8, 4) is 0 Å². The first kappa shape index (κ1) is 22.9. The first-order chi connectivity index (χ1) is 12.4. The van der Waals surface area contributed by atoms with Crippen molar-refractivity contribution in [3.63, 3.8) is 0 Å². The summed E-state index contributed by atoms with van der Waals surface area (Å²) in [7, 11) is -3.11. The number of likely N-dealkylation sites (N-methyl/N-ethyl adjacent to an activating group) is 1. The Hall–Kier alpha value is -1.13. The zero-order valence-corrected chi connectivity index (χ0v) is 18.0. The summed E-state index contributed by atoms with van der Waals surface area (Å²) in [6, 6.07) is 7.23. The van der Waals surface area contributed by atoms with Gasteiger partial charge in [0, 0.05) is 6.26 Å². The van der Waals surface area contributed by atoms with Gasteiger partial charge in [0.1, 0.15) is 0 Å². The van der Waals surface area contributed by atoms with Crippen molar-refractivity contribution in [3.05, 3.63) is 42.0 Å². The average Bonchev–Trinajstić information content (AvgIpc) is 2.63. The van der Waals surface area contributed by atoms with Crippen LogP contribution in [-0.4, -0.2) is 45.3 Å². The Morgan fingerprint density at radius 2 is 1.50 bits per heavy atom. The molecule has 0 fully saturated rings. The Kier molecular flexibility index (Phi) is 10.2. The van der Waals surface area contributed by atoms with Crippen LogP contribution in [0.3, 0.4) is 0 Å². The second-order valence-electron chi connectivity index (χ2n) is 7.39. The topological polar surface area (TPSA) is 34.1 Å². The Labute approximate surface area is 161 Å². The lowest BCUT2D eigenvalue weighted by Gasteiger charge is -2.36. The molecule has 0 saturated heterocycles. The van der Waals surface area contributed by atoms with Crippen LogP contribution in [0.2, 0.25) is 0 Å². The quantitative estimate of drug-likeness (QED) is 0.274. The van der Waals surface area contributed by atoms with Gasteiger partial charge in [-0.2, -0.15) is 0 Å². The molecule has 0 atom stereocenters. The largest absolute Gasteiger partial charge is 0.321 e. The summed E-state index contributed by atoms with van der Waals surface area (Å²) in [4.78, 5) is 0.390. The summed E-state index contributed by atoms with van der Waals surface area (Å²) >= 11 is 0. The Morgan fingerprint density at radius 3 is 2.04 bits per heavy atom. The molecular formula is C22H38NO2S+. The maximum Gasteiger partial charge on any atom is 0.175 e. The minimum Gasteiger partial charge on any atom is -0.321 e. The second kappa shape index (κ2) is 11.6. The molecule has 4 heteroatoms. The van der Waals surface area contributed by atoms with Crippen LogP contribution >= 0.6 is 0 Å². The molecule has 0 aliphatic rings. The smallest absolute Gasteiger partial charge is 0.175 e. The minimum atomic E-state index is -3.11. The Bertz CT molecular complexity index is 629. The number of hydrogen-bond donors (Lipinski definition) is 0. The standard InChI is InChI=1S/C22H38NO2S/c1-5-8-9-10-12-19-23(6-2,7-3)20-13-11-14-21-15-17-22(18-16-21)26(4,24)25/h11,13,15-18H,5-10,12,14,19-20H2,1-4H3/q+1. The maximum atomic E-state index is 11.5. The van der Waals surface area contributed by atoms with E-state index in [4.69, 9.17) is 0 Å². The number of sulfone groups is 1. The highest BCUT2D eigenvalue weighted by atomic mass is 32.2. The van der Waals surface area contributed by atoms with Gasteiger partial charge in [-0.3, -0.25) is 0 Å². The van der Waals surface area contributed by atoms with Crippen LogP contribution in [0, 0.1) is 0 Å². The lowest BCUT2D eigenvalue weighted by atomic mass is 10.1. The molecule has 26 heavy (non-hydrogen) atoms. The van der Waals surface area contributed by atoms with Gasteiger partial charge in [-0.25, -0.2) is 8.42 Å². The summed E-state index contributed by atoms with van der Waals surface area (Å²) in [5.41, 5.74) is 1.15. The van der Waals surface area contributed by atoms with E-state index in [2.05, 4.69) is 32.9 Å². The van der Waals surface area contributed by atoms with Gasteiger partial charge in [0.2, 0.25) is 0 Å². The predicted octanol–water partition coefficient (Wildman–Crippen LogP) is 5.02. The molecule has 0 aromatic heterocycles. The summed E-state index contributed by atoms with van der Waals surface area (Å²) in [6.07, 6.45) is 13.3. The van der Waals surface area contributed by atoms with Gasteiger partial charge in [0.25, 0.3) is 0 Å². The molecule has 0 heterocycles. The van der Waals surface area contributed by atoms with Gasteiger partial charge in [-0.1, -0.05) is 44.4 Å². The van der Waals surface area contributed by atoms with Crippen LogP contribution < -0.4 is 0 Å². The Balaban J connectivity index is 2.52. The van der Waals surface area contributed by atoms with E-state index in [0.29, 0.717) is 4.90 Å². The number of unbranched alkanes of at least 4 members (excludes halogenated alkanes) is 4. The van der Waals surface area contributed by atoms with E-state index in [9.17, 15) is 8.42 Å². The van der Waals surface area contributed by atoms with Crippen molar-refractivity contribution < 1.29 is 12.9 Å². The van der Waals surface area contributed by atoms with E-state index in [-0.39, 0.29) is 0 Å². The lowest BCUT2D eigenvalue weighted by Crippen LogP contribution is -2.48. The van der Waals surface area contributed by atoms with Gasteiger partial charge in [-0.05, 0) is 56.9 Å². The van der Waals surface area contributed by atoms with E-state index >= 15 is 0 Å². The van der Waals surface area contributed by atoms with Crippen LogP contribution in [0.25, 0.3) is 0 Å². The van der Waals surface area contributed by atoms with E-state index in [1.807, 2.05) is 12.1 Å². The van der Waals surface area contributed by atoms with Crippen molar-refractivity contribution in [1.82, 2.24) is 0 Å². The third kappa shape index (κ3) is 8.05. The third-order valence-electron chi connectivity index (χ3n) is 5.44. The molecule has 0 amide bonds. The maximum absolute atomic E-state index is 11.5. The summed E-state index contributed by atoms with van der Waals surface area (Å²) in [5.74, 6) is 0. The molecule has 1 rings (SSSR count). The monoisotopic (exact) mass is 380 g/mol. The van der Waals surface area contributed by atoms with Crippen LogP contribution in [-0.2, 0) is 16.3 Å². The van der Waals surface area contributed by atoms with Gasteiger partial charge in [0.15, 0.2) is 9.84 Å². The number of hydrogen-bond acceptors (Lipinski definition) is 2. The molecule has 0 aliphatic heterocycles. The number of benzene rings is 1. The highest BCUT2D eigenvalue weighted by Crippen LogP contribution is 2.13. The van der Waals surface area contributed by atoms with Gasteiger partial charge in [0.05, 0.1) is 31.1 Å². The predicted molar refractivity (Wildman–Crippen MR) is 112 cm³/mol. The molecule has 1 aromatic carbocycles. The lowest BCUT2D eigenvalue weighted by molar-refractivity contribution is -0.919. The molecule has 0 spiro atoms. The third-order valence-corrected chi connectivity index (χ3v) is 6.57. The van der Waals surface area contributed by atoms with Crippen molar-refractivity contribution >= 4 is 9.84 Å². The highest BCUT2D eigenvalue weighted by molar-refractivity contribution is 7.90. The van der Waals surface area contributed by atoms with Crippen LogP contribution in [0.1, 0.15) is 58.4 Å². The molecule has 1 aromatic rings. The van der Waals surface area contributed by atoms with Crippen LogP contribution in [0.5, 0.6) is 0 Å². The fourth-order valence-corrected chi connectivity index (χ4v) is 3.96. The van der Waals surface area contributed by atoms with Crippen LogP contribution in [0.15, 0.2) is 41.3 Å². The molecule has 0 aliphatic carbocycles. The van der Waals surface area contributed by atoms with Gasteiger partial charge in [-0.15, -0.1) is 0 Å². The fraction of sp³-hybridized carbons (Fsp3) is 0.636. The van der Waals surface area contributed by atoms with Crippen LogP contribution in [0.4, 0.5) is 0 Å². The molecule has 148 valence electrons. The van der Waals surface area contributed by atoms with Crippen molar-refractivity contribution in [2.75, 3.05) is 32.4 Å². The van der Waals surface area contributed by atoms with E-state index < -0.39 is 9.84 Å². The van der Waals surface area contributed by atoms with Crippen molar-refractivity contribution in [2.45, 2.75) is 64.2 Å². The highest BCUT2D eigenvalue weighted by Gasteiger charge is 2.20. The molecule has 3 nitrogen and oxygen atoms in total. The average molecular weight is 381 g/mol. The van der Waals surface area contributed by atoms with E-state index in [1.54, 1.807) is 12.1 Å². The fourth-order valence-electron chi connectivity index (χ4n) is 3.33. The van der Waals surface area contributed by atoms with E-state index in [0.717, 1.165) is 23.0 Å². The normalized spacial score (nSPS) is 12.8. The molecule has 0 unspecified atom stereocenters. The summed E-state index contributed by atoms with van der Waals surface area (Å²) in [5, 5.41) is 0. The van der Waals surface area contributed by atoms with Gasteiger partial charge < -0.3 is 4.48 Å². The molecule has 0 radical (unpaired) electrons. The summed E-state index contributed by atoms with van der Waals surface area (Å²) in [6.45, 7) is 11.6. The first-order valence-electron chi connectivity index (χ1n) is 10.2. The molecule has 0 N–H and O–H groups in total. The van der Waals surface area contributed by atoms with Crippen molar-refractivity contribution in [1.29, 1.82) is 0 Å². The van der Waals surface area contributed by atoms with Gasteiger partial charge >= 0.3 is 0 Å². The number of rotatable bonds is 13. The number of allylic oxidation sites excluding steroid dienone is 1. The number of quaternary nitrogens is 1. The molecular weight excluding hydrogens is 342 g/mol. The Morgan fingerprint density at radius 1 is 0.885 bits per heavy atom. The van der Waals surface area contributed by atoms with Crippen molar-refractivity contribution in [2.24, 2.45) is 0 Å². The number of nitrogens with zero attached hydrogens (tertiary/aromatic N) is 1. The zero-order valence-electron chi connectivity index (χ0n) is 17.2. The molecule has 0 saturated carbocycles. The SMILES string of the molecule is CCCCCCC[N+](CC)(CC)CC=CCc1ccc(S(C)(=O)=O)cc1. The van der Waals surface area contributed by atoms with E-state index in [1.165, 1.54) is 58.0 Å². The zero-order chi connectivity index (χ0) is 19.5. The minimum absolute atomic E-state index is 0.390. The molecule has 0 bridgehead atoms. The first-order valence-corrected chi connectivity index (χ1v) is 12.0. The second-order valence-corrected chi connectivity index (χ2v) is 9.40. The summed E-state index contributed by atoms with van der Waals surface area (Å²) < 4.78 is 24.2.